The van der Waals surface area contributed by atoms with Crippen molar-refractivity contribution in [2.24, 2.45) is 0 Å². The number of aromatic nitrogens is 1. The van der Waals surface area contributed by atoms with Crippen molar-refractivity contribution in [1.29, 1.82) is 0 Å². The van der Waals surface area contributed by atoms with Crippen LogP contribution in [-0.4, -0.2) is 69.6 Å². The maximum atomic E-state index is 13.2. The van der Waals surface area contributed by atoms with Crippen molar-refractivity contribution in [2.75, 3.05) is 26.2 Å². The maximum absolute atomic E-state index is 13.2. The molecule has 2 aliphatic heterocycles. The molecule has 7 heteroatoms. The summed E-state index contributed by atoms with van der Waals surface area (Å²) in [6, 6.07) is 11.1. The summed E-state index contributed by atoms with van der Waals surface area (Å²) in [4.78, 5) is 48.1. The van der Waals surface area contributed by atoms with E-state index in [1.165, 1.54) is 0 Å². The zero-order chi connectivity index (χ0) is 21.3. The highest BCUT2D eigenvalue weighted by Gasteiger charge is 2.41. The van der Waals surface area contributed by atoms with Crippen molar-refractivity contribution in [3.8, 4) is 0 Å². The van der Waals surface area contributed by atoms with Gasteiger partial charge in [0.15, 0.2) is 0 Å². The second kappa shape index (κ2) is 8.26. The van der Waals surface area contributed by atoms with E-state index in [2.05, 4.69) is 4.98 Å². The third kappa shape index (κ3) is 3.92. The number of amides is 3. The number of rotatable bonds is 3. The van der Waals surface area contributed by atoms with Gasteiger partial charge >= 0.3 is 0 Å². The molecule has 1 aromatic heterocycles. The first-order valence-corrected chi connectivity index (χ1v) is 10.3. The zero-order valence-electron chi connectivity index (χ0n) is 17.4. The van der Waals surface area contributed by atoms with Crippen LogP contribution in [0.4, 0.5) is 0 Å². The Morgan fingerprint density at radius 3 is 2.70 bits per heavy atom. The van der Waals surface area contributed by atoms with E-state index in [0.717, 1.165) is 16.7 Å². The lowest BCUT2D eigenvalue weighted by Gasteiger charge is -2.39. The van der Waals surface area contributed by atoms with E-state index < -0.39 is 6.04 Å². The topological polar surface area (TPSA) is 73.8 Å². The van der Waals surface area contributed by atoms with Crippen LogP contribution in [0.15, 0.2) is 42.6 Å². The predicted octanol–water partition coefficient (Wildman–Crippen LogP) is 1.78. The molecule has 1 aromatic carbocycles. The number of aryl methyl sites for hydroxylation is 2. The molecule has 156 valence electrons. The summed E-state index contributed by atoms with van der Waals surface area (Å²) >= 11 is 0. The van der Waals surface area contributed by atoms with Gasteiger partial charge in [-0.25, -0.2) is 0 Å². The van der Waals surface area contributed by atoms with Gasteiger partial charge in [0.2, 0.25) is 11.8 Å². The summed E-state index contributed by atoms with van der Waals surface area (Å²) in [6.07, 6.45) is 2.05. The number of piperazine rings is 1. The van der Waals surface area contributed by atoms with Crippen LogP contribution in [0.1, 0.15) is 33.6 Å². The summed E-state index contributed by atoms with van der Waals surface area (Å²) in [5.74, 6) is -0.251. The van der Waals surface area contributed by atoms with Crippen LogP contribution in [-0.2, 0) is 16.1 Å². The van der Waals surface area contributed by atoms with E-state index in [1.54, 1.807) is 27.0 Å². The van der Waals surface area contributed by atoms with Crippen molar-refractivity contribution in [3.05, 3.63) is 65.0 Å². The fourth-order valence-corrected chi connectivity index (χ4v) is 4.26. The molecular formula is C23H26N4O3. The van der Waals surface area contributed by atoms with Gasteiger partial charge in [0.1, 0.15) is 18.3 Å². The highest BCUT2D eigenvalue weighted by atomic mass is 16.2. The number of nitrogens with zero attached hydrogens (tertiary/aromatic N) is 4. The van der Waals surface area contributed by atoms with Crippen molar-refractivity contribution >= 4 is 17.7 Å². The van der Waals surface area contributed by atoms with Gasteiger partial charge < -0.3 is 14.7 Å². The Morgan fingerprint density at radius 2 is 1.93 bits per heavy atom. The Balaban J connectivity index is 1.49. The molecule has 4 rings (SSSR count). The molecule has 0 spiro atoms. The van der Waals surface area contributed by atoms with Gasteiger partial charge in [0.05, 0.1) is 0 Å². The van der Waals surface area contributed by atoms with Gasteiger partial charge in [-0.3, -0.25) is 19.4 Å². The SMILES string of the molecule is Cc1cccc(CN2CC(=O)N3CCN(C(=O)c4ncccc4C)CCC3C2=O)c1. The molecule has 2 aliphatic rings. The molecule has 3 amide bonds. The van der Waals surface area contributed by atoms with Crippen LogP contribution in [0.5, 0.6) is 0 Å². The normalized spacial score (nSPS) is 19.5. The highest BCUT2D eigenvalue weighted by molar-refractivity contribution is 5.96. The number of fused-ring (bicyclic) bond motifs is 1. The summed E-state index contributed by atoms with van der Waals surface area (Å²) < 4.78 is 0. The van der Waals surface area contributed by atoms with E-state index in [1.807, 2.05) is 44.2 Å². The number of benzene rings is 1. The minimum absolute atomic E-state index is 0.0422. The molecule has 2 fully saturated rings. The monoisotopic (exact) mass is 406 g/mol. The third-order valence-corrected chi connectivity index (χ3v) is 5.86. The number of carbonyl (C=O) groups is 3. The van der Waals surface area contributed by atoms with Crippen LogP contribution < -0.4 is 0 Å². The van der Waals surface area contributed by atoms with E-state index in [4.69, 9.17) is 0 Å². The molecule has 0 bridgehead atoms. The first-order valence-electron chi connectivity index (χ1n) is 10.3. The minimum Gasteiger partial charge on any atom is -0.335 e. The molecule has 0 saturated carbocycles. The van der Waals surface area contributed by atoms with Crippen LogP contribution >= 0.6 is 0 Å². The number of pyridine rings is 1. The Labute approximate surface area is 176 Å². The second-order valence-electron chi connectivity index (χ2n) is 8.04. The van der Waals surface area contributed by atoms with Crippen molar-refractivity contribution < 1.29 is 14.4 Å². The standard InChI is InChI=1S/C23H26N4O3/c1-16-5-3-7-18(13-16)14-26-15-20(28)27-12-11-25(10-8-19(27)22(26)29)23(30)21-17(2)6-4-9-24-21/h3-7,9,13,19H,8,10-12,14-15H2,1-2H3. The van der Waals surface area contributed by atoms with Crippen LogP contribution in [0, 0.1) is 13.8 Å². The number of hydrogen-bond acceptors (Lipinski definition) is 4. The molecule has 2 saturated heterocycles. The van der Waals surface area contributed by atoms with E-state index in [0.29, 0.717) is 38.3 Å². The Hall–Kier alpha value is -3.22. The quantitative estimate of drug-likeness (QED) is 0.779. The largest absolute Gasteiger partial charge is 0.335 e. The fraction of sp³-hybridized carbons (Fsp3) is 0.391. The summed E-state index contributed by atoms with van der Waals surface area (Å²) in [6.45, 7) is 5.57. The Bertz CT molecular complexity index is 990. The summed E-state index contributed by atoms with van der Waals surface area (Å²) in [5, 5.41) is 0. The van der Waals surface area contributed by atoms with E-state index >= 15 is 0 Å². The second-order valence-corrected chi connectivity index (χ2v) is 8.04. The van der Waals surface area contributed by atoms with E-state index in [-0.39, 0.29) is 24.3 Å². The molecule has 7 nitrogen and oxygen atoms in total. The predicted molar refractivity (Wildman–Crippen MR) is 112 cm³/mol. The maximum Gasteiger partial charge on any atom is 0.272 e. The Morgan fingerprint density at radius 1 is 1.10 bits per heavy atom. The molecule has 1 atom stereocenters. The first kappa shape index (κ1) is 20.1. The molecular weight excluding hydrogens is 380 g/mol. The Kier molecular flexibility index (Phi) is 5.53. The van der Waals surface area contributed by atoms with E-state index in [9.17, 15) is 14.4 Å². The molecule has 0 aliphatic carbocycles. The highest BCUT2D eigenvalue weighted by Crippen LogP contribution is 2.22. The number of carbonyl (C=O) groups excluding carboxylic acids is 3. The zero-order valence-corrected chi connectivity index (χ0v) is 17.4. The molecule has 1 unspecified atom stereocenters. The average molecular weight is 406 g/mol. The lowest BCUT2D eigenvalue weighted by atomic mass is 10.1. The average Bonchev–Trinajstić information content (AvgIpc) is 2.95. The van der Waals surface area contributed by atoms with Gasteiger partial charge in [-0.15, -0.1) is 0 Å². The van der Waals surface area contributed by atoms with Crippen molar-refractivity contribution in [2.45, 2.75) is 32.9 Å². The lowest BCUT2D eigenvalue weighted by Crippen LogP contribution is -2.59. The lowest BCUT2D eigenvalue weighted by molar-refractivity contribution is -0.156. The first-order chi connectivity index (χ1) is 14.4. The van der Waals surface area contributed by atoms with Gasteiger partial charge in [-0.1, -0.05) is 35.9 Å². The molecule has 2 aromatic rings. The number of hydrogen-bond donors (Lipinski definition) is 0. The van der Waals surface area contributed by atoms with Crippen LogP contribution in [0.3, 0.4) is 0 Å². The molecule has 3 heterocycles. The minimum atomic E-state index is -0.515. The van der Waals surface area contributed by atoms with Crippen molar-refractivity contribution in [3.63, 3.8) is 0 Å². The molecule has 0 N–H and O–H groups in total. The molecule has 30 heavy (non-hydrogen) atoms. The van der Waals surface area contributed by atoms with Gasteiger partial charge in [-0.05, 0) is 37.5 Å². The third-order valence-electron chi connectivity index (χ3n) is 5.86. The van der Waals surface area contributed by atoms with Gasteiger partial charge in [-0.2, -0.15) is 0 Å². The summed E-state index contributed by atoms with van der Waals surface area (Å²) in [5.41, 5.74) is 3.39. The van der Waals surface area contributed by atoms with Crippen molar-refractivity contribution in [1.82, 2.24) is 19.7 Å². The van der Waals surface area contributed by atoms with Crippen LogP contribution in [0.25, 0.3) is 0 Å². The van der Waals surface area contributed by atoms with Gasteiger partial charge in [0, 0.05) is 32.4 Å². The smallest absolute Gasteiger partial charge is 0.272 e. The molecule has 0 radical (unpaired) electrons. The fourth-order valence-electron chi connectivity index (χ4n) is 4.26. The van der Waals surface area contributed by atoms with Gasteiger partial charge in [0.25, 0.3) is 5.91 Å². The summed E-state index contributed by atoms with van der Waals surface area (Å²) in [7, 11) is 0. The van der Waals surface area contributed by atoms with Crippen LogP contribution in [0.2, 0.25) is 0 Å².